The van der Waals surface area contributed by atoms with Crippen molar-refractivity contribution in [1.29, 1.82) is 0 Å². The summed E-state index contributed by atoms with van der Waals surface area (Å²) in [5.41, 5.74) is 0.534. The fourth-order valence-corrected chi connectivity index (χ4v) is 0.884. The fourth-order valence-electron chi connectivity index (χ4n) is 0.884. The van der Waals surface area contributed by atoms with Crippen LogP contribution in [0, 0.1) is 5.82 Å². The molecule has 1 heterocycles. The van der Waals surface area contributed by atoms with Crippen LogP contribution in [0.15, 0.2) is 12.3 Å². The molecule has 2 nitrogen and oxygen atoms in total. The van der Waals surface area contributed by atoms with Gasteiger partial charge in [-0.1, -0.05) is 13.8 Å². The lowest BCUT2D eigenvalue weighted by atomic mass is 10.1. The van der Waals surface area contributed by atoms with Gasteiger partial charge in [0.05, 0.1) is 11.9 Å². The van der Waals surface area contributed by atoms with Crippen molar-refractivity contribution in [3.05, 3.63) is 23.8 Å². The minimum absolute atomic E-state index is 0.0694. The summed E-state index contributed by atoms with van der Waals surface area (Å²) in [4.78, 5) is 3.75. The van der Waals surface area contributed by atoms with E-state index in [1.807, 2.05) is 13.8 Å². The summed E-state index contributed by atoms with van der Waals surface area (Å²) in [5.74, 6) is -0.456. The van der Waals surface area contributed by atoms with Crippen molar-refractivity contribution in [3.63, 3.8) is 0 Å². The van der Waals surface area contributed by atoms with Gasteiger partial charge in [0.25, 0.3) is 0 Å². The van der Waals surface area contributed by atoms with Gasteiger partial charge in [-0.2, -0.15) is 0 Å². The van der Waals surface area contributed by atoms with E-state index in [0.29, 0.717) is 5.69 Å². The van der Waals surface area contributed by atoms with Crippen LogP contribution in [0.25, 0.3) is 0 Å². The normalized spacial score (nSPS) is 10.5. The minimum atomic E-state index is -0.507. The lowest BCUT2D eigenvalue weighted by Gasteiger charge is -2.05. The SMILES string of the molecule is CC(C)c1ncc(F)cc1O. The zero-order chi connectivity index (χ0) is 8.43. The van der Waals surface area contributed by atoms with Crippen LogP contribution in [0.3, 0.4) is 0 Å². The number of aromatic hydroxyl groups is 1. The van der Waals surface area contributed by atoms with Gasteiger partial charge in [-0.05, 0) is 5.92 Å². The molecule has 0 aliphatic carbocycles. The average Bonchev–Trinajstić information content (AvgIpc) is 1.85. The van der Waals surface area contributed by atoms with Crippen molar-refractivity contribution in [2.24, 2.45) is 0 Å². The summed E-state index contributed by atoms with van der Waals surface area (Å²) in [5, 5.41) is 9.16. The molecule has 1 rings (SSSR count). The summed E-state index contributed by atoms with van der Waals surface area (Å²) in [6.07, 6.45) is 1.11. The van der Waals surface area contributed by atoms with Crippen LogP contribution < -0.4 is 0 Å². The maximum atomic E-state index is 12.4. The molecule has 0 bridgehead atoms. The molecule has 3 heteroatoms. The molecule has 0 atom stereocenters. The lowest BCUT2D eigenvalue weighted by Crippen LogP contribution is -1.93. The molecule has 0 radical (unpaired) electrons. The Balaban J connectivity index is 3.09. The molecule has 0 saturated heterocycles. The predicted molar refractivity (Wildman–Crippen MR) is 39.9 cm³/mol. The minimum Gasteiger partial charge on any atom is -0.506 e. The van der Waals surface area contributed by atoms with E-state index in [4.69, 9.17) is 5.11 Å². The first kappa shape index (κ1) is 7.98. The molecule has 11 heavy (non-hydrogen) atoms. The third-order valence-electron chi connectivity index (χ3n) is 1.41. The van der Waals surface area contributed by atoms with Gasteiger partial charge in [-0.15, -0.1) is 0 Å². The smallest absolute Gasteiger partial charge is 0.145 e. The molecule has 0 aliphatic heterocycles. The molecule has 0 aromatic carbocycles. The summed E-state index contributed by atoms with van der Waals surface area (Å²) >= 11 is 0. The van der Waals surface area contributed by atoms with Crippen molar-refractivity contribution in [1.82, 2.24) is 4.98 Å². The summed E-state index contributed by atoms with van der Waals surface area (Å²) < 4.78 is 12.4. The third-order valence-corrected chi connectivity index (χ3v) is 1.41. The molecular weight excluding hydrogens is 145 g/mol. The Labute approximate surface area is 64.7 Å². The first-order valence-corrected chi connectivity index (χ1v) is 3.45. The molecule has 1 aromatic heterocycles. The molecule has 0 amide bonds. The van der Waals surface area contributed by atoms with E-state index in [1.54, 1.807) is 0 Å². The highest BCUT2D eigenvalue weighted by Crippen LogP contribution is 2.22. The second kappa shape index (κ2) is 2.86. The van der Waals surface area contributed by atoms with Crippen LogP contribution in [-0.2, 0) is 0 Å². The lowest BCUT2D eigenvalue weighted by molar-refractivity contribution is 0.452. The van der Waals surface area contributed by atoms with Gasteiger partial charge in [0.1, 0.15) is 11.6 Å². The molecule has 1 aromatic rings. The van der Waals surface area contributed by atoms with E-state index in [0.717, 1.165) is 12.3 Å². The number of hydrogen-bond acceptors (Lipinski definition) is 2. The van der Waals surface area contributed by atoms with Crippen LogP contribution in [0.5, 0.6) is 5.75 Å². The third kappa shape index (κ3) is 1.67. The molecule has 1 N–H and O–H groups in total. The molecule has 60 valence electrons. The highest BCUT2D eigenvalue weighted by atomic mass is 19.1. The fraction of sp³-hybridized carbons (Fsp3) is 0.375. The molecule has 0 unspecified atom stereocenters. The van der Waals surface area contributed by atoms with E-state index < -0.39 is 5.82 Å². The van der Waals surface area contributed by atoms with Crippen molar-refractivity contribution in [2.75, 3.05) is 0 Å². The largest absolute Gasteiger partial charge is 0.506 e. The van der Waals surface area contributed by atoms with Gasteiger partial charge in [0.2, 0.25) is 0 Å². The first-order chi connectivity index (χ1) is 5.11. The number of aromatic nitrogens is 1. The van der Waals surface area contributed by atoms with E-state index in [-0.39, 0.29) is 11.7 Å². The molecule has 0 saturated carbocycles. The number of halogens is 1. The monoisotopic (exact) mass is 155 g/mol. The highest BCUT2D eigenvalue weighted by Gasteiger charge is 2.07. The van der Waals surface area contributed by atoms with Gasteiger partial charge < -0.3 is 5.11 Å². The second-order valence-electron chi connectivity index (χ2n) is 2.71. The van der Waals surface area contributed by atoms with Crippen molar-refractivity contribution < 1.29 is 9.50 Å². The number of pyridine rings is 1. The van der Waals surface area contributed by atoms with E-state index in [9.17, 15) is 4.39 Å². The van der Waals surface area contributed by atoms with Crippen LogP contribution in [0.1, 0.15) is 25.5 Å². The summed E-state index contributed by atoms with van der Waals surface area (Å²) in [6, 6.07) is 1.07. The van der Waals surface area contributed by atoms with Crippen LogP contribution in [-0.4, -0.2) is 10.1 Å². The Hall–Kier alpha value is -1.12. The van der Waals surface area contributed by atoms with E-state index >= 15 is 0 Å². The zero-order valence-corrected chi connectivity index (χ0v) is 6.50. The highest BCUT2D eigenvalue weighted by molar-refractivity contribution is 5.27. The topological polar surface area (TPSA) is 33.1 Å². The average molecular weight is 155 g/mol. The second-order valence-corrected chi connectivity index (χ2v) is 2.71. The zero-order valence-electron chi connectivity index (χ0n) is 6.50. The van der Waals surface area contributed by atoms with E-state index in [2.05, 4.69) is 4.98 Å². The molecule has 0 aliphatic rings. The summed E-state index contributed by atoms with van der Waals surface area (Å²) in [7, 11) is 0. The maximum absolute atomic E-state index is 12.4. The Kier molecular flexibility index (Phi) is 2.08. The Morgan fingerprint density at radius 1 is 1.55 bits per heavy atom. The van der Waals surface area contributed by atoms with Gasteiger partial charge >= 0.3 is 0 Å². The van der Waals surface area contributed by atoms with Crippen molar-refractivity contribution in [3.8, 4) is 5.75 Å². The van der Waals surface area contributed by atoms with Crippen molar-refractivity contribution >= 4 is 0 Å². The van der Waals surface area contributed by atoms with Crippen molar-refractivity contribution in [2.45, 2.75) is 19.8 Å². The first-order valence-electron chi connectivity index (χ1n) is 3.45. The van der Waals surface area contributed by atoms with Crippen LogP contribution in [0.2, 0.25) is 0 Å². The maximum Gasteiger partial charge on any atom is 0.145 e. The van der Waals surface area contributed by atoms with Gasteiger partial charge in [0, 0.05) is 6.07 Å². The van der Waals surface area contributed by atoms with Crippen LogP contribution >= 0.6 is 0 Å². The van der Waals surface area contributed by atoms with Gasteiger partial charge in [-0.25, -0.2) is 4.39 Å². The standard InChI is InChI=1S/C8H10FNO/c1-5(2)8-7(11)3-6(9)4-10-8/h3-5,11H,1-2H3. The molecule has 0 spiro atoms. The number of hydrogen-bond donors (Lipinski definition) is 1. The van der Waals surface area contributed by atoms with Crippen LogP contribution in [0.4, 0.5) is 4.39 Å². The molecule has 0 fully saturated rings. The predicted octanol–water partition coefficient (Wildman–Crippen LogP) is 2.05. The Morgan fingerprint density at radius 3 is 2.64 bits per heavy atom. The summed E-state index contributed by atoms with van der Waals surface area (Å²) in [6.45, 7) is 3.78. The van der Waals surface area contributed by atoms with Gasteiger partial charge in [0.15, 0.2) is 0 Å². The molecular formula is C8H10FNO. The number of rotatable bonds is 1. The van der Waals surface area contributed by atoms with Gasteiger partial charge in [-0.3, -0.25) is 4.98 Å². The Morgan fingerprint density at radius 2 is 2.18 bits per heavy atom. The van der Waals surface area contributed by atoms with E-state index in [1.165, 1.54) is 0 Å². The quantitative estimate of drug-likeness (QED) is 0.673. The Bertz CT molecular complexity index is 260. The number of nitrogens with zero attached hydrogens (tertiary/aromatic N) is 1.